The number of urea groups is 2. The van der Waals surface area contributed by atoms with Crippen LogP contribution >= 0.6 is 11.6 Å². The molecule has 0 aromatic heterocycles. The SMILES string of the molecule is CCOC(=O)CCN1C(=O)NC(Nc2ccc(OC(C)C)c(Cl)c2)N(CC2CCCCC2)C1=O. The number of esters is 1. The first kappa shape index (κ1) is 25.9. The summed E-state index contributed by atoms with van der Waals surface area (Å²) in [5, 5.41) is 6.52. The molecule has 1 aliphatic carbocycles. The van der Waals surface area contributed by atoms with Crippen LogP contribution in [0.2, 0.25) is 5.02 Å². The highest BCUT2D eigenvalue weighted by molar-refractivity contribution is 6.32. The molecule has 9 nitrogen and oxygen atoms in total. The minimum atomic E-state index is -0.742. The monoisotopic (exact) mass is 494 g/mol. The average molecular weight is 495 g/mol. The standard InChI is InChI=1S/C24H35ClN4O5/c1-4-33-21(30)12-13-28-23(31)27-22(29(24(28)32)15-17-8-6-5-7-9-17)26-18-10-11-20(19(25)14-18)34-16(2)3/h10-11,14,16-17,22,26H,4-9,12-13,15H2,1-3H3,(H,27,31). The van der Waals surface area contributed by atoms with Crippen LogP contribution in [0.25, 0.3) is 0 Å². The van der Waals surface area contributed by atoms with Crippen LogP contribution in [0.3, 0.4) is 0 Å². The van der Waals surface area contributed by atoms with E-state index in [1.54, 1.807) is 30.0 Å². The number of rotatable bonds is 10. The van der Waals surface area contributed by atoms with Crippen LogP contribution in [0, 0.1) is 5.92 Å². The molecular formula is C24H35ClN4O5. The Kier molecular flexibility index (Phi) is 9.27. The third kappa shape index (κ3) is 6.91. The van der Waals surface area contributed by atoms with Crippen molar-refractivity contribution < 1.29 is 23.9 Å². The Hall–Kier alpha value is -2.68. The van der Waals surface area contributed by atoms with Crippen molar-refractivity contribution in [2.75, 3.05) is 25.0 Å². The molecule has 1 saturated heterocycles. The molecule has 10 heteroatoms. The molecule has 0 bridgehead atoms. The van der Waals surface area contributed by atoms with Gasteiger partial charge in [0.05, 0.1) is 24.2 Å². The maximum atomic E-state index is 13.4. The zero-order chi connectivity index (χ0) is 24.7. The minimum absolute atomic E-state index is 0.0156. The van der Waals surface area contributed by atoms with Crippen molar-refractivity contribution in [3.8, 4) is 5.75 Å². The summed E-state index contributed by atoms with van der Waals surface area (Å²) in [5.41, 5.74) is 0.646. The smallest absolute Gasteiger partial charge is 0.331 e. The number of hydrogen-bond acceptors (Lipinski definition) is 6. The number of benzene rings is 1. The van der Waals surface area contributed by atoms with Crippen LogP contribution < -0.4 is 15.4 Å². The second-order valence-electron chi connectivity index (χ2n) is 8.95. The van der Waals surface area contributed by atoms with Gasteiger partial charge in [-0.15, -0.1) is 0 Å². The van der Waals surface area contributed by atoms with E-state index < -0.39 is 24.3 Å². The number of imide groups is 1. The fourth-order valence-corrected chi connectivity index (χ4v) is 4.53. The first-order valence-corrected chi connectivity index (χ1v) is 12.4. The highest BCUT2D eigenvalue weighted by atomic mass is 35.5. The van der Waals surface area contributed by atoms with Crippen molar-refractivity contribution >= 4 is 35.3 Å². The molecule has 1 aromatic rings. The van der Waals surface area contributed by atoms with Crippen LogP contribution in [0.4, 0.5) is 15.3 Å². The van der Waals surface area contributed by atoms with E-state index >= 15 is 0 Å². The molecule has 188 valence electrons. The molecular weight excluding hydrogens is 460 g/mol. The Morgan fingerprint density at radius 1 is 1.24 bits per heavy atom. The van der Waals surface area contributed by atoms with E-state index in [0.717, 1.165) is 30.6 Å². The number of nitrogens with one attached hydrogen (secondary N) is 2. The van der Waals surface area contributed by atoms with E-state index in [1.165, 1.54) is 6.42 Å². The lowest BCUT2D eigenvalue weighted by atomic mass is 9.89. The number of halogens is 1. The maximum Gasteiger partial charge on any atom is 0.331 e. The Balaban J connectivity index is 1.76. The van der Waals surface area contributed by atoms with Crippen molar-refractivity contribution in [2.24, 2.45) is 5.92 Å². The Labute approximate surface area is 206 Å². The first-order valence-electron chi connectivity index (χ1n) is 12.1. The fourth-order valence-electron chi connectivity index (χ4n) is 4.30. The molecule has 2 fully saturated rings. The number of hydrogen-bond donors (Lipinski definition) is 2. The molecule has 0 spiro atoms. The molecule has 3 rings (SSSR count). The van der Waals surface area contributed by atoms with Crippen molar-refractivity contribution in [2.45, 2.75) is 71.7 Å². The zero-order valence-corrected chi connectivity index (χ0v) is 20.9. The second-order valence-corrected chi connectivity index (χ2v) is 9.36. The van der Waals surface area contributed by atoms with E-state index in [1.807, 2.05) is 13.8 Å². The predicted octanol–water partition coefficient (Wildman–Crippen LogP) is 4.80. The van der Waals surface area contributed by atoms with E-state index in [9.17, 15) is 14.4 Å². The average Bonchev–Trinajstić information content (AvgIpc) is 2.79. The Bertz CT molecular complexity index is 875. The summed E-state index contributed by atoms with van der Waals surface area (Å²) < 4.78 is 10.6. The van der Waals surface area contributed by atoms with E-state index in [4.69, 9.17) is 21.1 Å². The van der Waals surface area contributed by atoms with Gasteiger partial charge in [0.2, 0.25) is 0 Å². The summed E-state index contributed by atoms with van der Waals surface area (Å²) in [5.74, 6) is 0.477. The van der Waals surface area contributed by atoms with E-state index in [-0.39, 0.29) is 25.7 Å². The van der Waals surface area contributed by atoms with Gasteiger partial charge in [0.1, 0.15) is 5.75 Å². The second kappa shape index (κ2) is 12.1. The van der Waals surface area contributed by atoms with Gasteiger partial charge in [-0.05, 0) is 57.7 Å². The molecule has 0 radical (unpaired) electrons. The Morgan fingerprint density at radius 3 is 2.62 bits per heavy atom. The topological polar surface area (TPSA) is 100 Å². The number of amides is 4. The number of carbonyl (C=O) groups excluding carboxylic acids is 3. The van der Waals surface area contributed by atoms with Crippen LogP contribution in [-0.4, -0.2) is 59.9 Å². The number of anilines is 1. The summed E-state index contributed by atoms with van der Waals surface area (Å²) in [4.78, 5) is 40.7. The van der Waals surface area contributed by atoms with Gasteiger partial charge in [-0.2, -0.15) is 0 Å². The van der Waals surface area contributed by atoms with Crippen molar-refractivity contribution in [3.05, 3.63) is 23.2 Å². The number of carbonyl (C=O) groups is 3. The molecule has 2 N–H and O–H groups in total. The van der Waals surface area contributed by atoms with Gasteiger partial charge in [-0.3, -0.25) is 15.0 Å². The third-order valence-electron chi connectivity index (χ3n) is 5.92. The predicted molar refractivity (Wildman–Crippen MR) is 130 cm³/mol. The zero-order valence-electron chi connectivity index (χ0n) is 20.1. The van der Waals surface area contributed by atoms with Gasteiger partial charge in [0.25, 0.3) is 0 Å². The van der Waals surface area contributed by atoms with Crippen molar-refractivity contribution in [1.29, 1.82) is 0 Å². The van der Waals surface area contributed by atoms with Crippen LogP contribution in [0.5, 0.6) is 5.75 Å². The van der Waals surface area contributed by atoms with E-state index in [0.29, 0.717) is 28.9 Å². The summed E-state index contributed by atoms with van der Waals surface area (Å²) >= 11 is 6.38. The van der Waals surface area contributed by atoms with Crippen molar-refractivity contribution in [1.82, 2.24) is 15.1 Å². The molecule has 1 atom stereocenters. The quantitative estimate of drug-likeness (QED) is 0.453. The third-order valence-corrected chi connectivity index (χ3v) is 6.21. The molecule has 1 heterocycles. The fraction of sp³-hybridized carbons (Fsp3) is 0.625. The number of nitrogens with zero attached hydrogens (tertiary/aromatic N) is 2. The van der Waals surface area contributed by atoms with Gasteiger partial charge in [0.15, 0.2) is 6.29 Å². The largest absolute Gasteiger partial charge is 0.489 e. The van der Waals surface area contributed by atoms with Gasteiger partial charge in [0, 0.05) is 18.8 Å². The number of ether oxygens (including phenoxy) is 2. The highest BCUT2D eigenvalue weighted by Gasteiger charge is 2.39. The molecule has 1 unspecified atom stereocenters. The molecule has 1 saturated carbocycles. The van der Waals surface area contributed by atoms with Gasteiger partial charge < -0.3 is 14.8 Å². The van der Waals surface area contributed by atoms with Crippen LogP contribution in [-0.2, 0) is 9.53 Å². The van der Waals surface area contributed by atoms with E-state index in [2.05, 4.69) is 10.6 Å². The summed E-state index contributed by atoms with van der Waals surface area (Å²) in [6.45, 7) is 6.28. The lowest BCUT2D eigenvalue weighted by Gasteiger charge is -2.43. The summed E-state index contributed by atoms with van der Waals surface area (Å²) in [7, 11) is 0. The minimum Gasteiger partial charge on any atom is -0.489 e. The van der Waals surface area contributed by atoms with Gasteiger partial charge in [-0.1, -0.05) is 30.9 Å². The molecule has 2 aliphatic rings. The first-order chi connectivity index (χ1) is 16.3. The molecule has 1 aliphatic heterocycles. The normalized spacial score (nSPS) is 19.3. The lowest BCUT2D eigenvalue weighted by Crippen LogP contribution is -2.68. The van der Waals surface area contributed by atoms with Crippen LogP contribution in [0.1, 0.15) is 59.3 Å². The van der Waals surface area contributed by atoms with Crippen LogP contribution in [0.15, 0.2) is 18.2 Å². The molecule has 1 aromatic carbocycles. The maximum absolute atomic E-state index is 13.4. The summed E-state index contributed by atoms with van der Waals surface area (Å²) in [6, 6.07) is 4.28. The summed E-state index contributed by atoms with van der Waals surface area (Å²) in [6.07, 6.45) is 4.76. The molecule has 34 heavy (non-hydrogen) atoms. The lowest BCUT2D eigenvalue weighted by molar-refractivity contribution is -0.143. The van der Waals surface area contributed by atoms with Crippen molar-refractivity contribution in [3.63, 3.8) is 0 Å². The van der Waals surface area contributed by atoms with Gasteiger partial charge >= 0.3 is 18.0 Å². The Morgan fingerprint density at radius 2 is 1.97 bits per heavy atom. The highest BCUT2D eigenvalue weighted by Crippen LogP contribution is 2.30. The molecule has 4 amide bonds. The van der Waals surface area contributed by atoms with Gasteiger partial charge in [-0.25, -0.2) is 14.5 Å².